The van der Waals surface area contributed by atoms with E-state index in [9.17, 15) is 32.4 Å². The summed E-state index contributed by atoms with van der Waals surface area (Å²) in [5, 5.41) is 10.1. The van der Waals surface area contributed by atoms with Gasteiger partial charge in [-0.25, -0.2) is 13.2 Å². The van der Waals surface area contributed by atoms with Crippen LogP contribution in [0.5, 0.6) is 0 Å². The molecule has 0 bridgehead atoms. The van der Waals surface area contributed by atoms with Gasteiger partial charge in [0.15, 0.2) is 9.84 Å². The van der Waals surface area contributed by atoms with Crippen LogP contribution >= 0.6 is 11.6 Å². The van der Waals surface area contributed by atoms with Crippen molar-refractivity contribution in [2.45, 2.75) is 51.9 Å². The molecule has 0 aliphatic rings. The lowest BCUT2D eigenvalue weighted by Crippen LogP contribution is -2.55. The highest BCUT2D eigenvalue weighted by Gasteiger charge is 2.33. The van der Waals surface area contributed by atoms with Gasteiger partial charge in [0.25, 0.3) is 0 Å². The molecule has 3 atom stereocenters. The molecule has 13 nitrogen and oxygen atoms in total. The van der Waals surface area contributed by atoms with E-state index in [1.165, 1.54) is 0 Å². The van der Waals surface area contributed by atoms with Crippen molar-refractivity contribution in [2.75, 3.05) is 19.4 Å². The minimum absolute atomic E-state index is 0.0373. The highest BCUT2D eigenvalue weighted by Crippen LogP contribution is 2.16. The third-order valence-electron chi connectivity index (χ3n) is 6.32. The number of esters is 1. The molecule has 0 saturated heterocycles. The summed E-state index contributed by atoms with van der Waals surface area (Å²) in [6.07, 6.45) is 0.505. The summed E-state index contributed by atoms with van der Waals surface area (Å²) in [5.41, 5.74) is 1.05. The van der Waals surface area contributed by atoms with Gasteiger partial charge in [-0.2, -0.15) is 0 Å². The molecule has 0 radical (unpaired) electrons. The largest absolute Gasteiger partial charge is 0.466 e. The average Bonchev–Trinajstić information content (AvgIpc) is 3.01. The average molecular weight is 679 g/mol. The lowest BCUT2D eigenvalue weighted by molar-refractivity contribution is -0.145. The molecule has 2 rings (SSSR count). The first-order valence-electron chi connectivity index (χ1n) is 14.3. The molecule has 4 amide bonds. The number of hydrogen-bond donors (Lipinski definition) is 4. The van der Waals surface area contributed by atoms with Crippen LogP contribution in [0.1, 0.15) is 44.4 Å². The number of carbonyl (C=O) groups excluding carboxylic acids is 5. The van der Waals surface area contributed by atoms with E-state index in [1.807, 2.05) is 0 Å². The van der Waals surface area contributed by atoms with Crippen LogP contribution in [0.15, 0.2) is 71.1 Å². The van der Waals surface area contributed by atoms with E-state index < -0.39 is 74.4 Å². The SMILES string of the molecule is CCOC(=O)C[C@H](NC(=O)OCc1ccccc1)C(=O)N[C@H](C(=O)N[C@H](C(=O)NC/C=C(\Cl)S(C)(=O)=O)C(C)C)c1ccccc1. The monoisotopic (exact) mass is 678 g/mol. The minimum atomic E-state index is -3.65. The van der Waals surface area contributed by atoms with Crippen LogP contribution in [-0.4, -0.2) is 69.7 Å². The molecule has 0 aliphatic carbocycles. The van der Waals surface area contributed by atoms with Gasteiger partial charge in [-0.15, -0.1) is 0 Å². The van der Waals surface area contributed by atoms with Gasteiger partial charge in [-0.1, -0.05) is 86.1 Å². The Bertz CT molecular complexity index is 1490. The lowest BCUT2D eigenvalue weighted by Gasteiger charge is -2.26. The van der Waals surface area contributed by atoms with E-state index in [0.29, 0.717) is 11.1 Å². The third-order valence-corrected chi connectivity index (χ3v) is 8.19. The van der Waals surface area contributed by atoms with Gasteiger partial charge in [-0.3, -0.25) is 19.2 Å². The second kappa shape index (κ2) is 18.5. The van der Waals surface area contributed by atoms with E-state index in [-0.39, 0.29) is 19.8 Å². The second-order valence-electron chi connectivity index (χ2n) is 10.4. The summed E-state index contributed by atoms with van der Waals surface area (Å²) >= 11 is 5.73. The molecular weight excluding hydrogens is 640 g/mol. The number of ether oxygens (including phenoxy) is 2. The van der Waals surface area contributed by atoms with Crippen LogP contribution in [0.3, 0.4) is 0 Å². The number of alkyl carbamates (subject to hydrolysis) is 1. The molecule has 0 aromatic heterocycles. The fourth-order valence-electron chi connectivity index (χ4n) is 3.96. The Morgan fingerprint density at radius 3 is 2.02 bits per heavy atom. The van der Waals surface area contributed by atoms with Crippen molar-refractivity contribution < 1.29 is 41.9 Å². The van der Waals surface area contributed by atoms with Crippen LogP contribution in [0.25, 0.3) is 0 Å². The smallest absolute Gasteiger partial charge is 0.408 e. The Morgan fingerprint density at radius 1 is 0.848 bits per heavy atom. The summed E-state index contributed by atoms with van der Waals surface area (Å²) in [4.78, 5) is 65.0. The first-order chi connectivity index (χ1) is 21.7. The van der Waals surface area contributed by atoms with Crippen LogP contribution in [-0.2, 0) is 45.1 Å². The van der Waals surface area contributed by atoms with Gasteiger partial charge in [0.2, 0.25) is 17.7 Å². The third kappa shape index (κ3) is 12.9. The van der Waals surface area contributed by atoms with Gasteiger partial charge in [0.05, 0.1) is 13.0 Å². The normalized spacial score (nSPS) is 13.5. The number of amides is 4. The van der Waals surface area contributed by atoms with E-state index >= 15 is 0 Å². The highest BCUT2D eigenvalue weighted by atomic mass is 35.5. The van der Waals surface area contributed by atoms with Gasteiger partial charge in [0, 0.05) is 12.8 Å². The number of hydrogen-bond acceptors (Lipinski definition) is 9. The van der Waals surface area contributed by atoms with Crippen molar-refractivity contribution in [2.24, 2.45) is 5.92 Å². The zero-order valence-corrected chi connectivity index (χ0v) is 27.5. The maximum atomic E-state index is 13.6. The molecule has 2 aromatic carbocycles. The van der Waals surface area contributed by atoms with Crippen molar-refractivity contribution in [3.63, 3.8) is 0 Å². The standard InChI is InChI=1S/C31H39ClN4O9S/c1-5-44-25(37)18-23(34-31(41)45-19-21-12-8-6-9-13-21)28(38)36-27(22-14-10-7-11-15-22)30(40)35-26(20(2)3)29(39)33-17-16-24(32)46(4,42)43/h6-16,20,23,26-27H,5,17-19H2,1-4H3,(H,33,39)(H,34,41)(H,35,40)(H,36,38)/b24-16+/t23-,26-,27-/m0/s1. The molecule has 46 heavy (non-hydrogen) atoms. The topological polar surface area (TPSA) is 186 Å². The summed E-state index contributed by atoms with van der Waals surface area (Å²) in [5.74, 6) is -3.48. The number of carbonyl (C=O) groups is 5. The van der Waals surface area contributed by atoms with E-state index in [1.54, 1.807) is 81.4 Å². The van der Waals surface area contributed by atoms with E-state index in [2.05, 4.69) is 21.3 Å². The number of benzene rings is 2. The lowest BCUT2D eigenvalue weighted by atomic mass is 10.0. The molecule has 15 heteroatoms. The molecular formula is C31H39ClN4O9S. The Balaban J connectivity index is 2.25. The van der Waals surface area contributed by atoms with Crippen LogP contribution in [0.4, 0.5) is 4.79 Å². The van der Waals surface area contributed by atoms with E-state index in [4.69, 9.17) is 21.1 Å². The van der Waals surface area contributed by atoms with Gasteiger partial charge < -0.3 is 30.7 Å². The molecule has 2 aromatic rings. The number of halogens is 1. The van der Waals surface area contributed by atoms with Gasteiger partial charge in [0.1, 0.15) is 29.1 Å². The Hall–Kier alpha value is -4.43. The van der Waals surface area contributed by atoms with Crippen molar-refractivity contribution in [1.29, 1.82) is 0 Å². The van der Waals surface area contributed by atoms with Crippen molar-refractivity contribution in [1.82, 2.24) is 21.3 Å². The van der Waals surface area contributed by atoms with Crippen molar-refractivity contribution >= 4 is 51.2 Å². The summed E-state index contributed by atoms with van der Waals surface area (Å²) < 4.78 is 32.8. The van der Waals surface area contributed by atoms with Crippen molar-refractivity contribution in [3.05, 3.63) is 82.2 Å². The Kier molecular flexibility index (Phi) is 15.2. The second-order valence-corrected chi connectivity index (χ2v) is 13.0. The van der Waals surface area contributed by atoms with Gasteiger partial charge >= 0.3 is 12.1 Å². The first kappa shape index (κ1) is 37.8. The molecule has 0 heterocycles. The fraction of sp³-hybridized carbons (Fsp3) is 0.387. The van der Waals surface area contributed by atoms with Gasteiger partial charge in [-0.05, 0) is 30.0 Å². The Morgan fingerprint density at radius 2 is 1.46 bits per heavy atom. The number of nitrogens with one attached hydrogen (secondary N) is 4. The highest BCUT2D eigenvalue weighted by molar-refractivity contribution is 7.96. The molecule has 0 unspecified atom stereocenters. The van der Waals surface area contributed by atoms with Crippen LogP contribution in [0.2, 0.25) is 0 Å². The maximum absolute atomic E-state index is 13.6. The number of rotatable bonds is 16. The number of sulfone groups is 1. The van der Waals surface area contributed by atoms with E-state index in [0.717, 1.165) is 12.3 Å². The molecule has 250 valence electrons. The summed E-state index contributed by atoms with van der Waals surface area (Å²) in [7, 11) is -3.65. The van der Waals surface area contributed by atoms with Crippen LogP contribution in [0, 0.1) is 5.92 Å². The quantitative estimate of drug-likeness (QED) is 0.194. The predicted octanol–water partition coefficient (Wildman–Crippen LogP) is 2.47. The first-order valence-corrected chi connectivity index (χ1v) is 16.6. The summed E-state index contributed by atoms with van der Waals surface area (Å²) in [6, 6.07) is 13.0. The zero-order chi connectivity index (χ0) is 34.3. The van der Waals surface area contributed by atoms with Crippen molar-refractivity contribution in [3.8, 4) is 0 Å². The minimum Gasteiger partial charge on any atom is -0.466 e. The maximum Gasteiger partial charge on any atom is 0.408 e. The Labute approximate surface area is 273 Å². The molecule has 0 fully saturated rings. The predicted molar refractivity (Wildman–Crippen MR) is 171 cm³/mol. The summed E-state index contributed by atoms with van der Waals surface area (Å²) in [6.45, 7) is 4.67. The fourth-order valence-corrected chi connectivity index (χ4v) is 4.42. The molecule has 0 spiro atoms. The molecule has 0 aliphatic heterocycles. The molecule has 0 saturated carbocycles. The zero-order valence-electron chi connectivity index (χ0n) is 25.9. The molecule has 4 N–H and O–H groups in total. The van der Waals surface area contributed by atoms with Crippen LogP contribution < -0.4 is 21.3 Å².